The second-order valence-electron chi connectivity index (χ2n) is 5.23. The zero-order valence-corrected chi connectivity index (χ0v) is 12.9. The predicted molar refractivity (Wildman–Crippen MR) is 83.2 cm³/mol. The molecule has 1 aromatic heterocycles. The van der Waals surface area contributed by atoms with Gasteiger partial charge in [0.25, 0.3) is 0 Å². The second kappa shape index (κ2) is 6.26. The number of carbonyl (C=O) groups is 1. The van der Waals surface area contributed by atoms with E-state index in [-0.39, 0.29) is 0 Å². The summed E-state index contributed by atoms with van der Waals surface area (Å²) in [5.41, 5.74) is 1.11. The Morgan fingerprint density at radius 3 is 2.52 bits per heavy atom. The van der Waals surface area contributed by atoms with Crippen LogP contribution < -0.4 is 5.32 Å². The van der Waals surface area contributed by atoms with Crippen LogP contribution in [0, 0.1) is 0 Å². The first-order chi connectivity index (χ1) is 10.1. The molecule has 5 nitrogen and oxygen atoms in total. The zero-order valence-electron chi connectivity index (χ0n) is 12.9. The molecule has 0 fully saturated rings. The van der Waals surface area contributed by atoms with E-state index in [9.17, 15) is 9.90 Å². The molecule has 0 unspecified atom stereocenters. The van der Waals surface area contributed by atoms with Gasteiger partial charge in [0.05, 0.1) is 11.2 Å². The number of rotatable bonds is 7. The lowest BCUT2D eigenvalue weighted by Crippen LogP contribution is -2.50. The SMILES string of the molecule is CCn1nc(CNC(CC)(CC)C(=O)O)c2ccccc21. The highest BCUT2D eigenvalue weighted by Crippen LogP contribution is 2.21. The first-order valence-electron chi connectivity index (χ1n) is 7.50. The maximum absolute atomic E-state index is 11.5. The van der Waals surface area contributed by atoms with Crippen molar-refractivity contribution in [3.05, 3.63) is 30.0 Å². The van der Waals surface area contributed by atoms with Crippen LogP contribution in [0.5, 0.6) is 0 Å². The molecular weight excluding hydrogens is 266 g/mol. The number of hydrogen-bond donors (Lipinski definition) is 2. The Morgan fingerprint density at radius 1 is 1.29 bits per heavy atom. The summed E-state index contributed by atoms with van der Waals surface area (Å²) in [6.07, 6.45) is 1.09. The highest BCUT2D eigenvalue weighted by atomic mass is 16.4. The summed E-state index contributed by atoms with van der Waals surface area (Å²) in [6, 6.07) is 8.05. The monoisotopic (exact) mass is 289 g/mol. The fraction of sp³-hybridized carbons (Fsp3) is 0.500. The molecular formula is C16H23N3O2. The van der Waals surface area contributed by atoms with Gasteiger partial charge >= 0.3 is 5.97 Å². The lowest BCUT2D eigenvalue weighted by Gasteiger charge is -2.27. The molecule has 5 heteroatoms. The van der Waals surface area contributed by atoms with Crippen LogP contribution in [0.3, 0.4) is 0 Å². The maximum atomic E-state index is 11.5. The van der Waals surface area contributed by atoms with Gasteiger partial charge in [0.15, 0.2) is 0 Å². The van der Waals surface area contributed by atoms with Crippen LogP contribution in [0.4, 0.5) is 0 Å². The zero-order chi connectivity index (χ0) is 15.5. The average Bonchev–Trinajstić information content (AvgIpc) is 2.87. The molecule has 21 heavy (non-hydrogen) atoms. The standard InChI is InChI=1S/C16H23N3O2/c1-4-16(5-2,15(20)21)17-11-13-12-9-7-8-10-14(12)19(6-3)18-13/h7-10,17H,4-6,11H2,1-3H3,(H,20,21). The Bertz CT molecular complexity index is 629. The van der Waals surface area contributed by atoms with Gasteiger partial charge < -0.3 is 5.11 Å². The molecule has 114 valence electrons. The van der Waals surface area contributed by atoms with Crippen molar-refractivity contribution in [3.63, 3.8) is 0 Å². The van der Waals surface area contributed by atoms with Gasteiger partial charge in [0, 0.05) is 18.5 Å². The summed E-state index contributed by atoms with van der Waals surface area (Å²) >= 11 is 0. The number of fused-ring (bicyclic) bond motifs is 1. The number of carboxylic acids is 1. The highest BCUT2D eigenvalue weighted by molar-refractivity contribution is 5.82. The first kappa shape index (κ1) is 15.5. The highest BCUT2D eigenvalue weighted by Gasteiger charge is 2.34. The van der Waals surface area contributed by atoms with E-state index in [0.29, 0.717) is 19.4 Å². The molecule has 0 aliphatic rings. The molecule has 1 heterocycles. The number of benzene rings is 1. The van der Waals surface area contributed by atoms with Crippen molar-refractivity contribution in [2.45, 2.75) is 52.2 Å². The van der Waals surface area contributed by atoms with Gasteiger partial charge in [-0.3, -0.25) is 14.8 Å². The van der Waals surface area contributed by atoms with Crippen LogP contribution in [0.1, 0.15) is 39.3 Å². The Kier molecular flexibility index (Phi) is 4.63. The Morgan fingerprint density at radius 2 is 1.95 bits per heavy atom. The van der Waals surface area contributed by atoms with Crippen LogP contribution in [-0.4, -0.2) is 26.4 Å². The van der Waals surface area contributed by atoms with Crippen LogP contribution >= 0.6 is 0 Å². The molecule has 2 rings (SSSR count). The van der Waals surface area contributed by atoms with Crippen molar-refractivity contribution in [1.82, 2.24) is 15.1 Å². The van der Waals surface area contributed by atoms with Crippen LogP contribution in [-0.2, 0) is 17.9 Å². The van der Waals surface area contributed by atoms with Crippen LogP contribution in [0.25, 0.3) is 10.9 Å². The topological polar surface area (TPSA) is 67.2 Å². The number of carboxylic acid groups (broad SMARTS) is 1. The first-order valence-corrected chi connectivity index (χ1v) is 7.50. The van der Waals surface area contributed by atoms with Gasteiger partial charge in [-0.05, 0) is 25.8 Å². The normalized spacial score (nSPS) is 12.0. The smallest absolute Gasteiger partial charge is 0.323 e. The largest absolute Gasteiger partial charge is 0.480 e. The summed E-state index contributed by atoms with van der Waals surface area (Å²) in [6.45, 7) is 7.10. The molecule has 0 bridgehead atoms. The number of aryl methyl sites for hydroxylation is 1. The quantitative estimate of drug-likeness (QED) is 0.822. The fourth-order valence-corrected chi connectivity index (χ4v) is 2.70. The summed E-state index contributed by atoms with van der Waals surface area (Å²) in [7, 11) is 0. The lowest BCUT2D eigenvalue weighted by atomic mass is 9.93. The molecule has 0 aliphatic carbocycles. The molecule has 2 aromatic rings. The third-order valence-electron chi connectivity index (χ3n) is 4.24. The van der Waals surface area contributed by atoms with Gasteiger partial charge in [-0.2, -0.15) is 5.10 Å². The summed E-state index contributed by atoms with van der Waals surface area (Å²) in [5, 5.41) is 18.4. The van der Waals surface area contributed by atoms with Crippen molar-refractivity contribution in [3.8, 4) is 0 Å². The minimum atomic E-state index is -0.878. The molecule has 0 radical (unpaired) electrons. The van der Waals surface area contributed by atoms with Crippen molar-refractivity contribution in [2.24, 2.45) is 0 Å². The van der Waals surface area contributed by atoms with E-state index in [1.807, 2.05) is 42.8 Å². The maximum Gasteiger partial charge on any atom is 0.323 e. The van der Waals surface area contributed by atoms with Gasteiger partial charge in [0.2, 0.25) is 0 Å². The number of aliphatic carboxylic acids is 1. The minimum absolute atomic E-state index is 0.460. The van der Waals surface area contributed by atoms with Crippen molar-refractivity contribution in [2.75, 3.05) is 0 Å². The Labute approximate surface area is 125 Å². The molecule has 0 spiro atoms. The van der Waals surface area contributed by atoms with E-state index in [1.54, 1.807) is 0 Å². The molecule has 1 aromatic carbocycles. The van der Waals surface area contributed by atoms with Crippen molar-refractivity contribution in [1.29, 1.82) is 0 Å². The Hall–Kier alpha value is -1.88. The summed E-state index contributed by atoms with van der Waals surface area (Å²) < 4.78 is 1.95. The fourth-order valence-electron chi connectivity index (χ4n) is 2.70. The third kappa shape index (κ3) is 2.78. The number of para-hydroxylation sites is 1. The van der Waals surface area contributed by atoms with E-state index in [1.165, 1.54) is 0 Å². The molecule has 0 atom stereocenters. The molecule has 0 amide bonds. The third-order valence-corrected chi connectivity index (χ3v) is 4.24. The van der Waals surface area contributed by atoms with Gasteiger partial charge in [-0.15, -0.1) is 0 Å². The van der Waals surface area contributed by atoms with E-state index < -0.39 is 11.5 Å². The van der Waals surface area contributed by atoms with Crippen LogP contribution in [0.2, 0.25) is 0 Å². The average molecular weight is 289 g/mol. The molecule has 0 saturated carbocycles. The van der Waals surface area contributed by atoms with E-state index in [4.69, 9.17) is 0 Å². The Balaban J connectivity index is 2.30. The summed E-state index contributed by atoms with van der Waals surface area (Å²) in [5.74, 6) is -0.799. The second-order valence-corrected chi connectivity index (χ2v) is 5.23. The molecule has 0 saturated heterocycles. The number of aromatic nitrogens is 2. The lowest BCUT2D eigenvalue weighted by molar-refractivity contribution is -0.145. The van der Waals surface area contributed by atoms with Gasteiger partial charge in [-0.1, -0.05) is 32.0 Å². The molecule has 0 aliphatic heterocycles. The van der Waals surface area contributed by atoms with E-state index >= 15 is 0 Å². The van der Waals surface area contributed by atoms with E-state index in [2.05, 4.69) is 17.3 Å². The van der Waals surface area contributed by atoms with Gasteiger partial charge in [-0.25, -0.2) is 0 Å². The van der Waals surface area contributed by atoms with Crippen molar-refractivity contribution < 1.29 is 9.90 Å². The molecule has 2 N–H and O–H groups in total. The number of nitrogens with zero attached hydrogens (tertiary/aromatic N) is 2. The summed E-state index contributed by atoms with van der Waals surface area (Å²) in [4.78, 5) is 11.5. The predicted octanol–water partition coefficient (Wildman–Crippen LogP) is 2.79. The number of nitrogens with one attached hydrogen (secondary N) is 1. The van der Waals surface area contributed by atoms with Gasteiger partial charge in [0.1, 0.15) is 5.54 Å². The van der Waals surface area contributed by atoms with Crippen molar-refractivity contribution >= 4 is 16.9 Å². The van der Waals surface area contributed by atoms with E-state index in [0.717, 1.165) is 23.1 Å². The minimum Gasteiger partial charge on any atom is -0.480 e. The van der Waals surface area contributed by atoms with Crippen LogP contribution in [0.15, 0.2) is 24.3 Å². The number of hydrogen-bond acceptors (Lipinski definition) is 3.